The van der Waals surface area contributed by atoms with Gasteiger partial charge in [0.25, 0.3) is 0 Å². The van der Waals surface area contributed by atoms with Gasteiger partial charge in [-0.1, -0.05) is 12.1 Å². The molecule has 0 spiro atoms. The first-order valence-electron chi connectivity index (χ1n) is 4.24. The van der Waals surface area contributed by atoms with E-state index in [-0.39, 0.29) is 11.3 Å². The van der Waals surface area contributed by atoms with Crippen molar-refractivity contribution in [2.45, 2.75) is 13.0 Å². The zero-order valence-corrected chi connectivity index (χ0v) is 8.01. The maximum Gasteiger partial charge on any atom is 0.344 e. The number of carboxylic acids is 1. The van der Waals surface area contributed by atoms with Gasteiger partial charge in [0, 0.05) is 0 Å². The summed E-state index contributed by atoms with van der Waals surface area (Å²) in [5.74, 6) is -2.33. The monoisotopic (exact) mass is 210 g/mol. The molecule has 1 atom stereocenters. The summed E-state index contributed by atoms with van der Waals surface area (Å²) in [6.45, 7) is 1.24. The van der Waals surface area contributed by atoms with Crippen molar-refractivity contribution in [3.05, 3.63) is 29.8 Å². The van der Waals surface area contributed by atoms with E-state index < -0.39 is 18.0 Å². The van der Waals surface area contributed by atoms with Crippen molar-refractivity contribution >= 4 is 11.9 Å². The highest BCUT2D eigenvalue weighted by molar-refractivity contribution is 5.93. The van der Waals surface area contributed by atoms with Crippen LogP contribution >= 0.6 is 0 Å². The molecule has 0 bridgehead atoms. The zero-order valence-electron chi connectivity index (χ0n) is 8.01. The Labute approximate surface area is 85.9 Å². The third kappa shape index (κ3) is 2.70. The Hall–Kier alpha value is -2.04. The van der Waals surface area contributed by atoms with Gasteiger partial charge >= 0.3 is 11.9 Å². The van der Waals surface area contributed by atoms with Crippen LogP contribution < -0.4 is 0 Å². The van der Waals surface area contributed by atoms with Gasteiger partial charge in [0.05, 0.1) is 0 Å². The Morgan fingerprint density at radius 2 is 1.93 bits per heavy atom. The molecule has 0 heterocycles. The molecular formula is C10H10O5. The number of para-hydroxylation sites is 1. The molecule has 0 aromatic heterocycles. The van der Waals surface area contributed by atoms with Crippen molar-refractivity contribution in [1.82, 2.24) is 0 Å². The predicted octanol–water partition coefficient (Wildman–Crippen LogP) is 1.02. The van der Waals surface area contributed by atoms with Gasteiger partial charge in [-0.15, -0.1) is 0 Å². The highest BCUT2D eigenvalue weighted by Gasteiger charge is 2.19. The van der Waals surface area contributed by atoms with Gasteiger partial charge in [0.15, 0.2) is 6.10 Å². The second kappa shape index (κ2) is 4.45. The van der Waals surface area contributed by atoms with Gasteiger partial charge in [-0.05, 0) is 19.1 Å². The van der Waals surface area contributed by atoms with Crippen molar-refractivity contribution in [2.75, 3.05) is 0 Å². The van der Waals surface area contributed by atoms with E-state index in [1.54, 1.807) is 12.1 Å². The average molecular weight is 210 g/mol. The summed E-state index contributed by atoms with van der Waals surface area (Å²) < 4.78 is 4.58. The molecule has 2 N–H and O–H groups in total. The van der Waals surface area contributed by atoms with E-state index in [4.69, 9.17) is 5.11 Å². The number of esters is 1. The van der Waals surface area contributed by atoms with Crippen molar-refractivity contribution in [3.8, 4) is 5.75 Å². The van der Waals surface area contributed by atoms with Crippen LogP contribution in [0.4, 0.5) is 0 Å². The molecule has 1 aromatic rings. The standard InChI is InChI=1S/C10H10O5/c1-6(9(12)13)15-10(14)7-4-2-3-5-8(7)11/h2-6,11H,1H3,(H,12,13). The van der Waals surface area contributed by atoms with Crippen LogP contribution in [0.25, 0.3) is 0 Å². The van der Waals surface area contributed by atoms with Crippen molar-refractivity contribution in [3.63, 3.8) is 0 Å². The molecular weight excluding hydrogens is 200 g/mol. The van der Waals surface area contributed by atoms with E-state index in [0.29, 0.717) is 0 Å². The Morgan fingerprint density at radius 3 is 2.47 bits per heavy atom. The van der Waals surface area contributed by atoms with Crippen LogP contribution in [0.1, 0.15) is 17.3 Å². The van der Waals surface area contributed by atoms with Crippen molar-refractivity contribution < 1.29 is 24.5 Å². The van der Waals surface area contributed by atoms with Crippen LogP contribution in [0.3, 0.4) is 0 Å². The van der Waals surface area contributed by atoms with Gasteiger partial charge in [0.1, 0.15) is 11.3 Å². The molecule has 5 heteroatoms. The third-order valence-corrected chi connectivity index (χ3v) is 1.76. The second-order valence-corrected chi connectivity index (χ2v) is 2.90. The van der Waals surface area contributed by atoms with Crippen molar-refractivity contribution in [2.24, 2.45) is 0 Å². The normalized spacial score (nSPS) is 11.8. The van der Waals surface area contributed by atoms with E-state index in [0.717, 1.165) is 0 Å². The van der Waals surface area contributed by atoms with Crippen LogP contribution in [0.2, 0.25) is 0 Å². The maximum absolute atomic E-state index is 11.3. The third-order valence-electron chi connectivity index (χ3n) is 1.76. The molecule has 0 aliphatic heterocycles. The van der Waals surface area contributed by atoms with Gasteiger partial charge < -0.3 is 14.9 Å². The number of benzene rings is 1. The van der Waals surface area contributed by atoms with Crippen LogP contribution in [0.15, 0.2) is 24.3 Å². The molecule has 80 valence electrons. The summed E-state index contributed by atoms with van der Waals surface area (Å²) >= 11 is 0. The lowest BCUT2D eigenvalue weighted by molar-refractivity contribution is -0.146. The lowest BCUT2D eigenvalue weighted by atomic mass is 10.2. The van der Waals surface area contributed by atoms with Gasteiger partial charge in [0.2, 0.25) is 0 Å². The highest BCUT2D eigenvalue weighted by Crippen LogP contribution is 2.17. The first-order chi connectivity index (χ1) is 7.02. The molecule has 1 aromatic carbocycles. The molecule has 15 heavy (non-hydrogen) atoms. The minimum atomic E-state index is -1.24. The van der Waals surface area contributed by atoms with E-state index in [2.05, 4.69) is 4.74 Å². The topological polar surface area (TPSA) is 83.8 Å². The van der Waals surface area contributed by atoms with E-state index in [1.165, 1.54) is 19.1 Å². The fourth-order valence-corrected chi connectivity index (χ4v) is 0.921. The number of phenolic OH excluding ortho intramolecular Hbond substituents is 1. The molecule has 0 amide bonds. The summed E-state index contributed by atoms with van der Waals surface area (Å²) in [6, 6.07) is 5.77. The number of aliphatic carboxylic acids is 1. The minimum Gasteiger partial charge on any atom is -0.507 e. The summed E-state index contributed by atoms with van der Waals surface area (Å²) in [5.41, 5.74) is -0.0504. The molecule has 0 saturated carbocycles. The number of phenols is 1. The fourth-order valence-electron chi connectivity index (χ4n) is 0.921. The lowest BCUT2D eigenvalue weighted by Crippen LogP contribution is -2.23. The Bertz CT molecular complexity index is 385. The Morgan fingerprint density at radius 1 is 1.33 bits per heavy atom. The molecule has 0 fully saturated rings. The zero-order chi connectivity index (χ0) is 11.4. The first-order valence-corrected chi connectivity index (χ1v) is 4.24. The SMILES string of the molecule is CC(OC(=O)c1ccccc1O)C(=O)O. The smallest absolute Gasteiger partial charge is 0.344 e. The predicted molar refractivity (Wildman–Crippen MR) is 50.6 cm³/mol. The van der Waals surface area contributed by atoms with E-state index >= 15 is 0 Å². The number of carbonyl (C=O) groups excluding carboxylic acids is 1. The number of rotatable bonds is 3. The van der Waals surface area contributed by atoms with Gasteiger partial charge in [-0.2, -0.15) is 0 Å². The fraction of sp³-hybridized carbons (Fsp3) is 0.200. The number of hydrogen-bond donors (Lipinski definition) is 2. The van der Waals surface area contributed by atoms with E-state index in [9.17, 15) is 14.7 Å². The number of aromatic hydroxyl groups is 1. The van der Waals surface area contributed by atoms with Crippen molar-refractivity contribution in [1.29, 1.82) is 0 Å². The number of ether oxygens (including phenoxy) is 1. The molecule has 5 nitrogen and oxygen atoms in total. The molecule has 0 saturated heterocycles. The van der Waals surface area contributed by atoms with Crippen LogP contribution in [0, 0.1) is 0 Å². The molecule has 0 radical (unpaired) electrons. The first kappa shape index (κ1) is 11.0. The Kier molecular flexibility index (Phi) is 3.28. The number of carboxylic acid groups (broad SMARTS) is 1. The summed E-state index contributed by atoms with van der Waals surface area (Å²) in [6.07, 6.45) is -1.24. The average Bonchev–Trinajstić information content (AvgIpc) is 2.18. The second-order valence-electron chi connectivity index (χ2n) is 2.90. The summed E-state index contributed by atoms with van der Waals surface area (Å²) in [5, 5.41) is 17.8. The van der Waals surface area contributed by atoms with Gasteiger partial charge in [-0.3, -0.25) is 0 Å². The van der Waals surface area contributed by atoms with Crippen LogP contribution in [0.5, 0.6) is 5.75 Å². The molecule has 0 aliphatic rings. The van der Waals surface area contributed by atoms with Crippen LogP contribution in [-0.2, 0) is 9.53 Å². The minimum absolute atomic E-state index is 0.0504. The lowest BCUT2D eigenvalue weighted by Gasteiger charge is -2.09. The van der Waals surface area contributed by atoms with Gasteiger partial charge in [-0.25, -0.2) is 9.59 Å². The van der Waals surface area contributed by atoms with E-state index in [1.807, 2.05) is 0 Å². The molecule has 1 unspecified atom stereocenters. The number of hydrogen-bond acceptors (Lipinski definition) is 4. The molecule has 0 aliphatic carbocycles. The number of carbonyl (C=O) groups is 2. The molecule has 1 rings (SSSR count). The van der Waals surface area contributed by atoms with Crippen LogP contribution in [-0.4, -0.2) is 28.3 Å². The quantitative estimate of drug-likeness (QED) is 0.727. The summed E-state index contributed by atoms with van der Waals surface area (Å²) in [7, 11) is 0. The Balaban J connectivity index is 2.78. The summed E-state index contributed by atoms with van der Waals surface area (Å²) in [4.78, 5) is 21.7. The largest absolute Gasteiger partial charge is 0.507 e. The highest BCUT2D eigenvalue weighted by atomic mass is 16.6. The maximum atomic E-state index is 11.3.